The highest BCUT2D eigenvalue weighted by atomic mass is 32.1. The van der Waals surface area contributed by atoms with Gasteiger partial charge in [0.05, 0.1) is 10.8 Å². The number of hydrogen-bond acceptors (Lipinski definition) is 5. The van der Waals surface area contributed by atoms with E-state index in [0.29, 0.717) is 36.5 Å². The average molecular weight is 415 g/mol. The molecule has 154 valence electrons. The van der Waals surface area contributed by atoms with Gasteiger partial charge >= 0.3 is 5.97 Å². The molecule has 1 saturated heterocycles. The molecule has 7 heteroatoms. The maximum absolute atomic E-state index is 12.5. The molecule has 3 rings (SSSR count). The number of carbonyl (C=O) groups excluding carboxylic acids is 3. The lowest BCUT2D eigenvalue weighted by Crippen LogP contribution is -2.41. The van der Waals surface area contributed by atoms with Gasteiger partial charge in [-0.3, -0.25) is 14.4 Å². The lowest BCUT2D eigenvalue weighted by Gasteiger charge is -2.31. The van der Waals surface area contributed by atoms with Crippen LogP contribution in [-0.4, -0.2) is 41.9 Å². The highest BCUT2D eigenvalue weighted by Gasteiger charge is 2.31. The third-order valence-corrected chi connectivity index (χ3v) is 6.01. The number of esters is 1. The first kappa shape index (κ1) is 21.0. The average Bonchev–Trinajstić information content (AvgIpc) is 3.24. The minimum absolute atomic E-state index is 0.00744. The van der Waals surface area contributed by atoms with Crippen molar-refractivity contribution < 1.29 is 19.1 Å². The molecule has 1 aliphatic rings. The third kappa shape index (κ3) is 5.23. The number of thiophene rings is 1. The summed E-state index contributed by atoms with van der Waals surface area (Å²) in [6, 6.07) is 9.41. The van der Waals surface area contributed by atoms with Gasteiger partial charge in [0.25, 0.3) is 11.8 Å². The highest BCUT2D eigenvalue weighted by Crippen LogP contribution is 2.23. The van der Waals surface area contributed by atoms with E-state index in [2.05, 4.69) is 5.32 Å². The molecular formula is C22H26N2O4S. The summed E-state index contributed by atoms with van der Waals surface area (Å²) < 4.78 is 5.40. The van der Waals surface area contributed by atoms with Gasteiger partial charge < -0.3 is 15.0 Å². The van der Waals surface area contributed by atoms with E-state index in [-0.39, 0.29) is 23.7 Å². The smallest absolute Gasteiger partial charge is 0.309 e. The lowest BCUT2D eigenvalue weighted by molar-refractivity contribution is -0.158. The first-order chi connectivity index (χ1) is 13.8. The molecule has 6 nitrogen and oxygen atoms in total. The Hall–Kier alpha value is -2.67. The zero-order chi connectivity index (χ0) is 21.0. The summed E-state index contributed by atoms with van der Waals surface area (Å²) in [7, 11) is 0. The van der Waals surface area contributed by atoms with Crippen LogP contribution in [0.25, 0.3) is 0 Å². The van der Waals surface area contributed by atoms with E-state index in [1.165, 1.54) is 11.3 Å². The molecule has 1 aromatic heterocycles. The minimum atomic E-state index is -0.881. The number of hydrogen-bond donors (Lipinski definition) is 1. The summed E-state index contributed by atoms with van der Waals surface area (Å²) in [5.74, 6) is -1.01. The fourth-order valence-corrected chi connectivity index (χ4v) is 4.08. The van der Waals surface area contributed by atoms with Crippen molar-refractivity contribution in [1.82, 2.24) is 4.90 Å². The highest BCUT2D eigenvalue weighted by molar-refractivity contribution is 7.12. The van der Waals surface area contributed by atoms with Crippen molar-refractivity contribution in [1.29, 1.82) is 0 Å². The summed E-state index contributed by atoms with van der Waals surface area (Å²) in [4.78, 5) is 39.8. The number of nitrogens with one attached hydrogen (secondary N) is 1. The molecule has 0 saturated carbocycles. The molecule has 0 unspecified atom stereocenters. The Balaban J connectivity index is 1.48. The number of anilines is 1. The van der Waals surface area contributed by atoms with Crippen LogP contribution in [0.3, 0.4) is 0 Å². The summed E-state index contributed by atoms with van der Waals surface area (Å²) in [6.07, 6.45) is 0.205. The lowest BCUT2D eigenvalue weighted by atomic mass is 9.97. The number of nitrogens with zero attached hydrogens (tertiary/aromatic N) is 1. The standard InChI is InChI=1S/C22H26N2O4S/c1-14-6-7-18(15(2)13-14)23-20(25)16(3)28-22(27)17-8-10-24(11-9-17)21(26)19-5-4-12-29-19/h4-7,12-13,16-17H,8-11H2,1-3H3,(H,23,25)/t16-/m0/s1. The summed E-state index contributed by atoms with van der Waals surface area (Å²) in [6.45, 7) is 6.51. The van der Waals surface area contributed by atoms with Crippen LogP contribution < -0.4 is 5.32 Å². The Bertz CT molecular complexity index is 886. The number of piperidine rings is 1. The molecule has 0 spiro atoms. The van der Waals surface area contributed by atoms with Crippen LogP contribution >= 0.6 is 11.3 Å². The van der Waals surface area contributed by atoms with Gasteiger partial charge in [-0.05, 0) is 56.7 Å². The molecule has 2 amide bonds. The van der Waals surface area contributed by atoms with Gasteiger partial charge in [0.15, 0.2) is 6.10 Å². The molecule has 1 aromatic carbocycles. The van der Waals surface area contributed by atoms with Crippen molar-refractivity contribution >= 4 is 34.8 Å². The van der Waals surface area contributed by atoms with Gasteiger partial charge in [0.1, 0.15) is 0 Å². The largest absolute Gasteiger partial charge is 0.452 e. The Labute approximate surface area is 174 Å². The Kier molecular flexibility index (Phi) is 6.69. The molecule has 29 heavy (non-hydrogen) atoms. The molecule has 1 N–H and O–H groups in total. The van der Waals surface area contributed by atoms with Crippen LogP contribution in [0.2, 0.25) is 0 Å². The Morgan fingerprint density at radius 3 is 2.52 bits per heavy atom. The second-order valence-corrected chi connectivity index (χ2v) is 8.38. The van der Waals surface area contributed by atoms with Gasteiger partial charge in [-0.2, -0.15) is 0 Å². The molecule has 2 heterocycles. The molecule has 0 aliphatic carbocycles. The van der Waals surface area contributed by atoms with E-state index in [4.69, 9.17) is 4.74 Å². The predicted molar refractivity (Wildman–Crippen MR) is 113 cm³/mol. The van der Waals surface area contributed by atoms with E-state index >= 15 is 0 Å². The van der Waals surface area contributed by atoms with Gasteiger partial charge in [-0.15, -0.1) is 11.3 Å². The Morgan fingerprint density at radius 2 is 1.90 bits per heavy atom. The van der Waals surface area contributed by atoms with E-state index in [1.54, 1.807) is 11.8 Å². The SMILES string of the molecule is Cc1ccc(NC(=O)[C@H](C)OC(=O)C2CCN(C(=O)c3cccs3)CC2)c(C)c1. The maximum atomic E-state index is 12.5. The number of likely N-dealkylation sites (tertiary alicyclic amines) is 1. The van der Waals surface area contributed by atoms with E-state index < -0.39 is 6.10 Å². The van der Waals surface area contributed by atoms with Crippen molar-refractivity contribution in [3.8, 4) is 0 Å². The van der Waals surface area contributed by atoms with Crippen molar-refractivity contribution in [3.05, 3.63) is 51.7 Å². The van der Waals surface area contributed by atoms with Gasteiger partial charge in [-0.1, -0.05) is 23.8 Å². The molecule has 1 atom stereocenters. The molecule has 1 aliphatic heterocycles. The first-order valence-electron chi connectivity index (χ1n) is 9.76. The number of carbonyl (C=O) groups is 3. The Morgan fingerprint density at radius 1 is 1.17 bits per heavy atom. The van der Waals surface area contributed by atoms with Crippen LogP contribution in [0.4, 0.5) is 5.69 Å². The van der Waals surface area contributed by atoms with Crippen LogP contribution in [-0.2, 0) is 14.3 Å². The minimum Gasteiger partial charge on any atom is -0.452 e. The molecule has 0 bridgehead atoms. The van der Waals surface area contributed by atoms with Crippen molar-refractivity contribution in [2.45, 2.75) is 39.7 Å². The number of benzene rings is 1. The predicted octanol–water partition coefficient (Wildman–Crippen LogP) is 3.79. The number of rotatable bonds is 5. The van der Waals surface area contributed by atoms with E-state index in [0.717, 1.165) is 11.1 Å². The van der Waals surface area contributed by atoms with E-state index in [1.807, 2.05) is 49.6 Å². The summed E-state index contributed by atoms with van der Waals surface area (Å²) in [5.41, 5.74) is 2.78. The molecule has 0 radical (unpaired) electrons. The molecule has 1 fully saturated rings. The fraction of sp³-hybridized carbons (Fsp3) is 0.409. The maximum Gasteiger partial charge on any atom is 0.309 e. The number of ether oxygens (including phenoxy) is 1. The summed E-state index contributed by atoms with van der Waals surface area (Å²) >= 11 is 1.42. The van der Waals surface area contributed by atoms with Crippen molar-refractivity contribution in [2.75, 3.05) is 18.4 Å². The quantitative estimate of drug-likeness (QED) is 0.756. The topological polar surface area (TPSA) is 75.7 Å². The molecule has 2 aromatic rings. The van der Waals surface area contributed by atoms with Crippen LogP contribution in [0.15, 0.2) is 35.7 Å². The van der Waals surface area contributed by atoms with Gasteiger partial charge in [0, 0.05) is 18.8 Å². The summed E-state index contributed by atoms with van der Waals surface area (Å²) in [5, 5.41) is 4.69. The first-order valence-corrected chi connectivity index (χ1v) is 10.6. The second-order valence-electron chi connectivity index (χ2n) is 7.43. The van der Waals surface area contributed by atoms with Gasteiger partial charge in [0.2, 0.25) is 0 Å². The van der Waals surface area contributed by atoms with Crippen LogP contribution in [0.1, 0.15) is 40.6 Å². The van der Waals surface area contributed by atoms with Crippen molar-refractivity contribution in [3.63, 3.8) is 0 Å². The number of amides is 2. The monoisotopic (exact) mass is 414 g/mol. The zero-order valence-electron chi connectivity index (χ0n) is 16.9. The number of aryl methyl sites for hydroxylation is 2. The van der Waals surface area contributed by atoms with Crippen LogP contribution in [0.5, 0.6) is 0 Å². The molecular weight excluding hydrogens is 388 g/mol. The van der Waals surface area contributed by atoms with E-state index in [9.17, 15) is 14.4 Å². The normalized spacial score (nSPS) is 15.6. The third-order valence-electron chi connectivity index (χ3n) is 5.15. The zero-order valence-corrected chi connectivity index (χ0v) is 17.8. The fourth-order valence-electron chi connectivity index (χ4n) is 3.39. The van der Waals surface area contributed by atoms with Crippen molar-refractivity contribution in [2.24, 2.45) is 5.92 Å². The van der Waals surface area contributed by atoms with Gasteiger partial charge in [-0.25, -0.2) is 0 Å². The van der Waals surface area contributed by atoms with Crippen LogP contribution in [0, 0.1) is 19.8 Å². The second kappa shape index (κ2) is 9.22.